The number of aromatic nitrogens is 2. The minimum Gasteiger partial charge on any atom is -0.482 e. The molecule has 3 rings (SSSR count). The smallest absolute Gasteiger partial charge is 0.319 e. The normalized spacial score (nSPS) is 14.5. The molecule has 25 heavy (non-hydrogen) atoms. The summed E-state index contributed by atoms with van der Waals surface area (Å²) >= 11 is 0. The second-order valence-electron chi connectivity index (χ2n) is 6.17. The Morgan fingerprint density at radius 1 is 1.44 bits per heavy atom. The fourth-order valence-electron chi connectivity index (χ4n) is 2.68. The van der Waals surface area contributed by atoms with Gasteiger partial charge in [-0.1, -0.05) is 0 Å². The highest BCUT2D eigenvalue weighted by molar-refractivity contribution is 5.99. The highest BCUT2D eigenvalue weighted by Crippen LogP contribution is 2.33. The maximum atomic E-state index is 12.2. The molecule has 1 aliphatic heterocycles. The van der Waals surface area contributed by atoms with Gasteiger partial charge in [0.15, 0.2) is 6.61 Å². The van der Waals surface area contributed by atoms with E-state index in [-0.39, 0.29) is 24.6 Å². The van der Waals surface area contributed by atoms with Crippen LogP contribution in [0, 0.1) is 6.92 Å². The first-order valence-corrected chi connectivity index (χ1v) is 8.04. The van der Waals surface area contributed by atoms with E-state index in [4.69, 9.17) is 4.74 Å². The number of aryl methyl sites for hydroxylation is 1. The van der Waals surface area contributed by atoms with Gasteiger partial charge in [0.2, 0.25) is 0 Å². The van der Waals surface area contributed by atoms with Crippen LogP contribution in [0.4, 0.5) is 16.2 Å². The molecule has 132 valence electrons. The Bertz CT molecular complexity index is 801. The number of H-pyrrole nitrogens is 1. The summed E-state index contributed by atoms with van der Waals surface area (Å²) in [6, 6.07) is 6.76. The SMILES string of the molecule is Cc1cc(C[C@@H](C)NC(=O)Nc2ccc3c(c2)N(C)C(=O)CO3)n[nH]1. The van der Waals surface area contributed by atoms with Crippen LogP contribution in [-0.2, 0) is 11.2 Å². The number of ether oxygens (including phenoxy) is 1. The molecule has 2 aromatic rings. The molecule has 1 aliphatic rings. The largest absolute Gasteiger partial charge is 0.482 e. The van der Waals surface area contributed by atoms with Crippen LogP contribution in [0.2, 0.25) is 0 Å². The number of carbonyl (C=O) groups is 2. The van der Waals surface area contributed by atoms with Crippen LogP contribution in [0.25, 0.3) is 0 Å². The van der Waals surface area contributed by atoms with Crippen molar-refractivity contribution in [2.75, 3.05) is 23.9 Å². The average molecular weight is 343 g/mol. The number of amides is 3. The van der Waals surface area contributed by atoms with Crippen LogP contribution in [-0.4, -0.2) is 41.8 Å². The first kappa shape index (κ1) is 16.8. The van der Waals surface area contributed by atoms with E-state index in [1.165, 1.54) is 4.90 Å². The van der Waals surface area contributed by atoms with Gasteiger partial charge in [0.05, 0.1) is 11.4 Å². The van der Waals surface area contributed by atoms with Gasteiger partial charge in [0, 0.05) is 30.9 Å². The molecule has 1 aromatic heterocycles. The Balaban J connectivity index is 1.60. The molecule has 0 fully saturated rings. The lowest BCUT2D eigenvalue weighted by Crippen LogP contribution is -2.38. The van der Waals surface area contributed by atoms with E-state index >= 15 is 0 Å². The lowest BCUT2D eigenvalue weighted by atomic mass is 10.2. The van der Waals surface area contributed by atoms with Gasteiger partial charge in [-0.3, -0.25) is 9.89 Å². The van der Waals surface area contributed by atoms with Crippen molar-refractivity contribution >= 4 is 23.3 Å². The van der Waals surface area contributed by atoms with Gasteiger partial charge in [-0.05, 0) is 38.1 Å². The van der Waals surface area contributed by atoms with Crippen molar-refractivity contribution in [2.24, 2.45) is 0 Å². The number of hydrogen-bond donors (Lipinski definition) is 3. The maximum Gasteiger partial charge on any atom is 0.319 e. The summed E-state index contributed by atoms with van der Waals surface area (Å²) in [6.45, 7) is 3.88. The molecular formula is C17H21N5O3. The topological polar surface area (TPSA) is 99.3 Å². The van der Waals surface area contributed by atoms with Crippen LogP contribution >= 0.6 is 0 Å². The fourth-order valence-corrected chi connectivity index (χ4v) is 2.68. The summed E-state index contributed by atoms with van der Waals surface area (Å²) in [4.78, 5) is 25.4. The van der Waals surface area contributed by atoms with E-state index in [2.05, 4.69) is 20.8 Å². The number of urea groups is 1. The van der Waals surface area contributed by atoms with E-state index in [1.807, 2.05) is 19.9 Å². The van der Waals surface area contributed by atoms with E-state index in [9.17, 15) is 9.59 Å². The first-order chi connectivity index (χ1) is 11.9. The van der Waals surface area contributed by atoms with Gasteiger partial charge in [-0.15, -0.1) is 0 Å². The molecule has 3 N–H and O–H groups in total. The summed E-state index contributed by atoms with van der Waals surface area (Å²) in [7, 11) is 1.68. The second kappa shape index (κ2) is 6.84. The summed E-state index contributed by atoms with van der Waals surface area (Å²) in [5.74, 6) is 0.493. The van der Waals surface area contributed by atoms with Crippen molar-refractivity contribution in [1.82, 2.24) is 15.5 Å². The van der Waals surface area contributed by atoms with Crippen molar-refractivity contribution in [3.63, 3.8) is 0 Å². The van der Waals surface area contributed by atoms with Crippen LogP contribution in [0.3, 0.4) is 0 Å². The zero-order valence-electron chi connectivity index (χ0n) is 14.4. The third-order valence-electron chi connectivity index (χ3n) is 3.96. The molecule has 0 aliphatic carbocycles. The number of rotatable bonds is 4. The van der Waals surface area contributed by atoms with Crippen molar-refractivity contribution < 1.29 is 14.3 Å². The monoisotopic (exact) mass is 343 g/mol. The van der Waals surface area contributed by atoms with Crippen molar-refractivity contribution in [1.29, 1.82) is 0 Å². The highest BCUT2D eigenvalue weighted by Gasteiger charge is 2.22. The first-order valence-electron chi connectivity index (χ1n) is 8.04. The summed E-state index contributed by atoms with van der Waals surface area (Å²) in [5, 5.41) is 12.7. The van der Waals surface area contributed by atoms with Gasteiger partial charge < -0.3 is 20.3 Å². The zero-order chi connectivity index (χ0) is 18.0. The van der Waals surface area contributed by atoms with Crippen molar-refractivity contribution in [3.05, 3.63) is 35.7 Å². The third kappa shape index (κ3) is 3.90. The Hall–Kier alpha value is -3.03. The second-order valence-corrected chi connectivity index (χ2v) is 6.17. The summed E-state index contributed by atoms with van der Waals surface area (Å²) in [6.07, 6.45) is 0.632. The van der Waals surface area contributed by atoms with Crippen molar-refractivity contribution in [2.45, 2.75) is 26.3 Å². The maximum absolute atomic E-state index is 12.2. The molecular weight excluding hydrogens is 322 g/mol. The van der Waals surface area contributed by atoms with Crippen molar-refractivity contribution in [3.8, 4) is 5.75 Å². The number of aromatic amines is 1. The number of benzene rings is 1. The summed E-state index contributed by atoms with van der Waals surface area (Å²) < 4.78 is 5.37. The Morgan fingerprint density at radius 3 is 2.96 bits per heavy atom. The lowest BCUT2D eigenvalue weighted by Gasteiger charge is -2.26. The third-order valence-corrected chi connectivity index (χ3v) is 3.96. The number of likely N-dealkylation sites (N-methyl/N-ethyl adjacent to an activating group) is 1. The standard InChI is InChI=1S/C17H21N5O3/c1-10(6-13-7-11(2)20-21-13)18-17(24)19-12-4-5-15-14(8-12)22(3)16(23)9-25-15/h4-5,7-8,10H,6,9H2,1-3H3,(H,20,21)(H2,18,19,24)/t10-/m1/s1. The van der Waals surface area contributed by atoms with Gasteiger partial charge in [-0.2, -0.15) is 5.10 Å². The molecule has 8 heteroatoms. The van der Waals surface area contributed by atoms with Gasteiger partial charge in [0.25, 0.3) is 5.91 Å². The number of carbonyl (C=O) groups excluding carboxylic acids is 2. The Kier molecular flexibility index (Phi) is 4.60. The van der Waals surface area contributed by atoms with E-state index < -0.39 is 0 Å². The fraction of sp³-hybridized carbons (Fsp3) is 0.353. The quantitative estimate of drug-likeness (QED) is 0.788. The average Bonchev–Trinajstić information content (AvgIpc) is 2.96. The predicted octanol–water partition coefficient (Wildman–Crippen LogP) is 1.83. The van der Waals surface area contributed by atoms with Gasteiger partial charge in [-0.25, -0.2) is 4.79 Å². The number of nitrogens with zero attached hydrogens (tertiary/aromatic N) is 2. The molecule has 3 amide bonds. The summed E-state index contributed by atoms with van der Waals surface area (Å²) in [5.41, 5.74) is 3.11. The molecule has 0 saturated carbocycles. The minimum absolute atomic E-state index is 0.0287. The number of hydrogen-bond acceptors (Lipinski definition) is 4. The lowest BCUT2D eigenvalue weighted by molar-refractivity contribution is -0.120. The van der Waals surface area contributed by atoms with Crippen LogP contribution in [0.1, 0.15) is 18.3 Å². The van der Waals surface area contributed by atoms with Crippen LogP contribution in [0.15, 0.2) is 24.3 Å². The van der Waals surface area contributed by atoms with E-state index in [0.29, 0.717) is 23.5 Å². The number of anilines is 2. The highest BCUT2D eigenvalue weighted by atomic mass is 16.5. The van der Waals surface area contributed by atoms with Crippen LogP contribution in [0.5, 0.6) is 5.75 Å². The van der Waals surface area contributed by atoms with Gasteiger partial charge in [0.1, 0.15) is 5.75 Å². The molecule has 0 bridgehead atoms. The Morgan fingerprint density at radius 2 is 2.24 bits per heavy atom. The molecule has 0 saturated heterocycles. The molecule has 0 radical (unpaired) electrons. The van der Waals surface area contributed by atoms with Gasteiger partial charge >= 0.3 is 6.03 Å². The molecule has 0 unspecified atom stereocenters. The number of fused-ring (bicyclic) bond motifs is 1. The van der Waals surface area contributed by atoms with Crippen LogP contribution < -0.4 is 20.3 Å². The zero-order valence-corrected chi connectivity index (χ0v) is 14.4. The molecule has 2 heterocycles. The minimum atomic E-state index is -0.314. The van der Waals surface area contributed by atoms with E-state index in [1.54, 1.807) is 25.2 Å². The molecule has 1 aromatic carbocycles. The molecule has 8 nitrogen and oxygen atoms in total. The Labute approximate surface area is 145 Å². The number of nitrogens with one attached hydrogen (secondary N) is 3. The molecule has 0 spiro atoms. The van der Waals surface area contributed by atoms with E-state index in [0.717, 1.165) is 11.4 Å². The molecule has 1 atom stereocenters. The predicted molar refractivity (Wildman–Crippen MR) is 94.0 cm³/mol.